The van der Waals surface area contributed by atoms with Crippen LogP contribution in [-0.2, 0) is 11.8 Å². The number of nitrogens with zero attached hydrogens (tertiary/aromatic N) is 3. The maximum Gasteiger partial charge on any atom is 0.256 e. The van der Waals surface area contributed by atoms with E-state index in [-0.39, 0.29) is 11.9 Å². The molecule has 2 aromatic rings. The van der Waals surface area contributed by atoms with E-state index in [4.69, 9.17) is 21.1 Å². The zero-order chi connectivity index (χ0) is 19.4. The SMILES string of the molecule is COc1ccc(C(CNC(=O)c2c(C)nn(C)c2Cl)N2CCOCC2)cc1. The second-order valence-electron chi connectivity index (χ2n) is 6.52. The number of morpholine rings is 1. The van der Waals surface area contributed by atoms with Gasteiger partial charge in [0.15, 0.2) is 0 Å². The minimum absolute atomic E-state index is 0.0412. The number of aryl methyl sites for hydroxylation is 2. The van der Waals surface area contributed by atoms with Crippen LogP contribution in [0.2, 0.25) is 5.15 Å². The summed E-state index contributed by atoms with van der Waals surface area (Å²) in [7, 11) is 3.37. The van der Waals surface area contributed by atoms with Gasteiger partial charge in [0.1, 0.15) is 10.9 Å². The summed E-state index contributed by atoms with van der Waals surface area (Å²) >= 11 is 6.22. The molecular formula is C19H25ClN4O3. The first-order chi connectivity index (χ1) is 13.0. The minimum atomic E-state index is -0.211. The van der Waals surface area contributed by atoms with Crippen LogP contribution in [-0.4, -0.2) is 60.5 Å². The molecule has 1 amide bonds. The van der Waals surface area contributed by atoms with Gasteiger partial charge in [0.25, 0.3) is 5.91 Å². The molecule has 1 saturated heterocycles. The fraction of sp³-hybridized carbons (Fsp3) is 0.474. The Morgan fingerprint density at radius 2 is 2.00 bits per heavy atom. The Hall–Kier alpha value is -2.09. The van der Waals surface area contributed by atoms with E-state index in [1.165, 1.54) is 4.68 Å². The monoisotopic (exact) mass is 392 g/mol. The van der Waals surface area contributed by atoms with Gasteiger partial charge in [-0.3, -0.25) is 14.4 Å². The van der Waals surface area contributed by atoms with Crippen LogP contribution in [0.4, 0.5) is 0 Å². The highest BCUT2D eigenvalue weighted by Crippen LogP contribution is 2.24. The first-order valence-electron chi connectivity index (χ1n) is 8.94. The Labute approximate surface area is 164 Å². The number of methoxy groups -OCH3 is 1. The van der Waals surface area contributed by atoms with E-state index in [2.05, 4.69) is 15.3 Å². The van der Waals surface area contributed by atoms with E-state index >= 15 is 0 Å². The number of aromatic nitrogens is 2. The number of rotatable bonds is 6. The molecule has 1 aromatic heterocycles. The summed E-state index contributed by atoms with van der Waals surface area (Å²) in [6, 6.07) is 7.99. The average Bonchev–Trinajstić information content (AvgIpc) is 2.95. The molecule has 8 heteroatoms. The lowest BCUT2D eigenvalue weighted by Gasteiger charge is -2.35. The molecule has 1 aromatic carbocycles. The molecule has 1 N–H and O–H groups in total. The Balaban J connectivity index is 1.77. The lowest BCUT2D eigenvalue weighted by molar-refractivity contribution is 0.0162. The molecule has 146 valence electrons. The third-order valence-electron chi connectivity index (χ3n) is 4.82. The second-order valence-corrected chi connectivity index (χ2v) is 6.88. The molecule has 2 heterocycles. The highest BCUT2D eigenvalue weighted by Gasteiger charge is 2.25. The standard InChI is InChI=1S/C19H25ClN4O3/c1-13-17(18(20)23(2)22-13)19(25)21-12-16(24-8-10-27-11-9-24)14-4-6-15(26-3)7-5-14/h4-7,16H,8-12H2,1-3H3,(H,21,25). The summed E-state index contributed by atoms with van der Waals surface area (Å²) in [6.07, 6.45) is 0. The number of ether oxygens (including phenoxy) is 2. The Kier molecular flexibility index (Phi) is 6.36. The number of carbonyl (C=O) groups is 1. The van der Waals surface area contributed by atoms with Crippen molar-refractivity contribution in [3.8, 4) is 5.75 Å². The van der Waals surface area contributed by atoms with Crippen LogP contribution in [0.1, 0.15) is 27.7 Å². The summed E-state index contributed by atoms with van der Waals surface area (Å²) in [5, 5.41) is 7.58. The predicted molar refractivity (Wildman–Crippen MR) is 103 cm³/mol. The first-order valence-corrected chi connectivity index (χ1v) is 9.32. The van der Waals surface area contributed by atoms with Gasteiger partial charge in [-0.1, -0.05) is 23.7 Å². The third-order valence-corrected chi connectivity index (χ3v) is 5.26. The molecule has 1 fully saturated rings. The molecule has 27 heavy (non-hydrogen) atoms. The Morgan fingerprint density at radius 1 is 1.33 bits per heavy atom. The van der Waals surface area contributed by atoms with Crippen LogP contribution in [0.3, 0.4) is 0 Å². The number of amides is 1. The maximum absolute atomic E-state index is 12.7. The van der Waals surface area contributed by atoms with Gasteiger partial charge in [-0.05, 0) is 24.6 Å². The van der Waals surface area contributed by atoms with E-state index in [0.29, 0.717) is 36.2 Å². The molecule has 0 saturated carbocycles. The fourth-order valence-electron chi connectivity index (χ4n) is 3.34. The first kappa shape index (κ1) is 19.7. The van der Waals surface area contributed by atoms with Crippen molar-refractivity contribution in [3.05, 3.63) is 46.2 Å². The van der Waals surface area contributed by atoms with E-state index in [0.717, 1.165) is 24.4 Å². The van der Waals surface area contributed by atoms with Gasteiger partial charge in [-0.25, -0.2) is 0 Å². The Morgan fingerprint density at radius 3 is 2.56 bits per heavy atom. The molecule has 1 unspecified atom stereocenters. The number of carbonyl (C=O) groups excluding carboxylic acids is 1. The van der Waals surface area contributed by atoms with Gasteiger partial charge >= 0.3 is 0 Å². The number of hydrogen-bond acceptors (Lipinski definition) is 5. The fourth-order valence-corrected chi connectivity index (χ4v) is 3.60. The average molecular weight is 393 g/mol. The minimum Gasteiger partial charge on any atom is -0.497 e. The van der Waals surface area contributed by atoms with Crippen molar-refractivity contribution in [2.24, 2.45) is 7.05 Å². The quantitative estimate of drug-likeness (QED) is 0.816. The van der Waals surface area contributed by atoms with Crippen LogP contribution < -0.4 is 10.1 Å². The molecule has 0 spiro atoms. The molecule has 0 radical (unpaired) electrons. The van der Waals surface area contributed by atoms with Crippen molar-refractivity contribution >= 4 is 17.5 Å². The highest BCUT2D eigenvalue weighted by atomic mass is 35.5. The number of halogens is 1. The molecule has 7 nitrogen and oxygen atoms in total. The van der Waals surface area contributed by atoms with Crippen molar-refractivity contribution in [2.45, 2.75) is 13.0 Å². The van der Waals surface area contributed by atoms with Crippen LogP contribution in [0.5, 0.6) is 5.75 Å². The molecule has 1 atom stereocenters. The van der Waals surface area contributed by atoms with E-state index in [1.807, 2.05) is 24.3 Å². The number of hydrogen-bond donors (Lipinski definition) is 1. The normalized spacial score (nSPS) is 16.1. The summed E-state index contributed by atoms with van der Waals surface area (Å²) in [5.74, 6) is 0.596. The van der Waals surface area contributed by atoms with Crippen molar-refractivity contribution in [1.82, 2.24) is 20.0 Å². The zero-order valence-electron chi connectivity index (χ0n) is 15.9. The molecule has 0 bridgehead atoms. The van der Waals surface area contributed by atoms with Crippen LogP contribution in [0.15, 0.2) is 24.3 Å². The van der Waals surface area contributed by atoms with Crippen molar-refractivity contribution in [1.29, 1.82) is 0 Å². The van der Waals surface area contributed by atoms with Crippen molar-refractivity contribution < 1.29 is 14.3 Å². The molecular weight excluding hydrogens is 368 g/mol. The van der Waals surface area contributed by atoms with Gasteiger partial charge in [-0.15, -0.1) is 0 Å². The smallest absolute Gasteiger partial charge is 0.256 e. The summed E-state index contributed by atoms with van der Waals surface area (Å²) < 4.78 is 12.2. The maximum atomic E-state index is 12.7. The van der Waals surface area contributed by atoms with Crippen LogP contribution in [0, 0.1) is 6.92 Å². The van der Waals surface area contributed by atoms with E-state index in [1.54, 1.807) is 21.1 Å². The van der Waals surface area contributed by atoms with Gasteiger partial charge in [0.05, 0.1) is 37.6 Å². The van der Waals surface area contributed by atoms with Crippen molar-refractivity contribution in [3.63, 3.8) is 0 Å². The van der Waals surface area contributed by atoms with Gasteiger partial charge in [-0.2, -0.15) is 5.10 Å². The van der Waals surface area contributed by atoms with E-state index < -0.39 is 0 Å². The highest BCUT2D eigenvalue weighted by molar-refractivity contribution is 6.33. The topological polar surface area (TPSA) is 68.6 Å². The number of nitrogens with one attached hydrogen (secondary N) is 1. The Bertz CT molecular complexity index is 785. The predicted octanol–water partition coefficient (Wildman–Crippen LogP) is 2.19. The van der Waals surface area contributed by atoms with Gasteiger partial charge in [0, 0.05) is 26.7 Å². The molecule has 3 rings (SSSR count). The summed E-state index contributed by atoms with van der Waals surface area (Å²) in [5.41, 5.74) is 2.16. The second kappa shape index (κ2) is 8.73. The molecule has 1 aliphatic heterocycles. The number of benzene rings is 1. The third kappa shape index (κ3) is 4.43. The largest absolute Gasteiger partial charge is 0.497 e. The van der Waals surface area contributed by atoms with Crippen LogP contribution >= 0.6 is 11.6 Å². The van der Waals surface area contributed by atoms with Crippen LogP contribution in [0.25, 0.3) is 0 Å². The lowest BCUT2D eigenvalue weighted by Crippen LogP contribution is -2.43. The van der Waals surface area contributed by atoms with Gasteiger partial charge < -0.3 is 14.8 Å². The van der Waals surface area contributed by atoms with E-state index in [9.17, 15) is 4.79 Å². The summed E-state index contributed by atoms with van der Waals surface area (Å²) in [6.45, 7) is 5.26. The zero-order valence-corrected chi connectivity index (χ0v) is 16.6. The summed E-state index contributed by atoms with van der Waals surface area (Å²) in [4.78, 5) is 15.0. The molecule has 0 aliphatic carbocycles. The molecule has 1 aliphatic rings. The lowest BCUT2D eigenvalue weighted by atomic mass is 10.0. The van der Waals surface area contributed by atoms with Gasteiger partial charge in [0.2, 0.25) is 0 Å². The van der Waals surface area contributed by atoms with Crippen molar-refractivity contribution in [2.75, 3.05) is 40.0 Å².